The molecule has 2 aromatic rings. The second-order valence-corrected chi connectivity index (χ2v) is 33.5. The predicted molar refractivity (Wildman–Crippen MR) is 488 cm³/mol. The predicted octanol–water partition coefficient (Wildman–Crippen LogP) is 36.1. The number of benzene rings is 2. The molecule has 0 aliphatic heterocycles. The fraction of sp³-hybridized carbons (Fsp3) is 0.792. The van der Waals surface area contributed by atoms with Crippen LogP contribution in [0, 0.1) is 47.4 Å². The van der Waals surface area contributed by atoms with E-state index in [0.29, 0.717) is 11.4 Å². The molecule has 2 rings (SSSR count). The minimum absolute atomic E-state index is 0. The van der Waals surface area contributed by atoms with E-state index in [-0.39, 0.29) is 16.5 Å². The van der Waals surface area contributed by atoms with E-state index in [1.54, 1.807) is 0 Å². The normalized spacial score (nSPS) is 11.4. The largest absolute Gasteiger partial charge is 2.00 e. The maximum absolute atomic E-state index is 5.47. The minimum Gasteiger partial charge on any atom is -0.237 e. The Bertz CT molecular complexity index is 2540. The molecule has 0 spiro atoms. The van der Waals surface area contributed by atoms with Gasteiger partial charge in [-0.05, 0) is 73.6 Å². The monoisotopic (exact) mass is 1540 g/mol. The zero-order valence-electron chi connectivity index (χ0n) is 73.4. The van der Waals surface area contributed by atoms with Gasteiger partial charge in [-0.2, -0.15) is 0 Å². The van der Waals surface area contributed by atoms with Crippen molar-refractivity contribution in [2.24, 2.45) is 9.98 Å². The van der Waals surface area contributed by atoms with Gasteiger partial charge < -0.3 is 0 Å². The minimum atomic E-state index is 0. The SMILES string of the molecule is CCCCCCCC#CC(=N/c1ccccc1CCC#CCCCCCCCCCCCCCCCCCCCCCCC)/C(C#CCCCCCCCCCCCCCCCCCCCCCCCCCCC)=N/c1ccccc1CCC#CCCCCCCCCCCCCCCCCCCCCCCC.[Ni+2]. The topological polar surface area (TPSA) is 24.7 Å². The first-order valence-electron chi connectivity index (χ1n) is 49.0. The van der Waals surface area contributed by atoms with Gasteiger partial charge in [-0.15, -0.1) is 23.7 Å². The van der Waals surface area contributed by atoms with Crippen molar-refractivity contribution in [3.63, 3.8) is 0 Å². The molecule has 0 amide bonds. The maximum atomic E-state index is 5.47. The smallest absolute Gasteiger partial charge is 0.237 e. The van der Waals surface area contributed by atoms with E-state index in [4.69, 9.17) is 9.98 Å². The molecule has 0 bridgehead atoms. The summed E-state index contributed by atoms with van der Waals surface area (Å²) < 4.78 is 0. The van der Waals surface area contributed by atoms with Crippen molar-refractivity contribution < 1.29 is 16.5 Å². The number of unbranched alkanes of at least 4 members (excludes halogenated alkanes) is 72. The second kappa shape index (κ2) is 88.5. The third kappa shape index (κ3) is 73.2. The molecule has 0 radical (unpaired) electrons. The molecule has 0 saturated heterocycles. The van der Waals surface area contributed by atoms with Gasteiger partial charge in [0.25, 0.3) is 0 Å². The fourth-order valence-electron chi connectivity index (χ4n) is 15.7. The van der Waals surface area contributed by atoms with Crippen LogP contribution in [0.1, 0.15) is 540 Å². The molecule has 3 heteroatoms. The van der Waals surface area contributed by atoms with Crippen LogP contribution in [0.15, 0.2) is 58.5 Å². The number of hydrogen-bond acceptors (Lipinski definition) is 2. The molecule has 0 atom stereocenters. The first-order valence-corrected chi connectivity index (χ1v) is 49.0. The summed E-state index contributed by atoms with van der Waals surface area (Å²) in [4.78, 5) is 10.9. The van der Waals surface area contributed by atoms with Gasteiger partial charge in [0.15, 0.2) is 0 Å². The van der Waals surface area contributed by atoms with E-state index in [2.05, 4.69) is 124 Å². The summed E-state index contributed by atoms with van der Waals surface area (Å²) in [5.74, 6) is 28.7. The summed E-state index contributed by atoms with van der Waals surface area (Å²) >= 11 is 0. The van der Waals surface area contributed by atoms with Gasteiger partial charge in [-0.25, -0.2) is 9.98 Å². The number of aryl methyl sites for hydroxylation is 2. The summed E-state index contributed by atoms with van der Waals surface area (Å²) in [6.45, 7) is 9.23. The Hall–Kier alpha value is -3.49. The van der Waals surface area contributed by atoms with Gasteiger partial charge in [-0.1, -0.05) is 513 Å². The van der Waals surface area contributed by atoms with E-state index >= 15 is 0 Å². The van der Waals surface area contributed by atoms with Gasteiger partial charge in [0.2, 0.25) is 0 Å². The number of para-hydroxylation sites is 2. The molecule has 622 valence electrons. The Kier molecular flexibility index (Phi) is 84.0. The number of rotatable bonds is 79. The average Bonchev–Trinajstić information content (AvgIpc) is 0.842. The van der Waals surface area contributed by atoms with Crippen LogP contribution in [0.2, 0.25) is 0 Å². The molecule has 2 aromatic carbocycles. The number of aliphatic imine (C=N–C) groups is 2. The van der Waals surface area contributed by atoms with E-state index < -0.39 is 0 Å². The molecular formula is C106H180N2Ni+2. The van der Waals surface area contributed by atoms with Gasteiger partial charge in [-0.3, -0.25) is 0 Å². The quantitative estimate of drug-likeness (QED) is 0.0273. The van der Waals surface area contributed by atoms with Crippen molar-refractivity contribution >= 4 is 22.8 Å². The third-order valence-electron chi connectivity index (χ3n) is 23.0. The van der Waals surface area contributed by atoms with Crippen LogP contribution in [0.4, 0.5) is 11.4 Å². The first-order chi connectivity index (χ1) is 53.7. The Morgan fingerprint density at radius 1 is 0.193 bits per heavy atom. The molecule has 0 unspecified atom stereocenters. The van der Waals surface area contributed by atoms with Gasteiger partial charge in [0.05, 0.1) is 11.4 Å². The fourth-order valence-corrected chi connectivity index (χ4v) is 15.7. The summed E-state index contributed by atoms with van der Waals surface area (Å²) in [5.41, 5.74) is 5.75. The molecule has 0 fully saturated rings. The molecule has 109 heavy (non-hydrogen) atoms. The van der Waals surface area contributed by atoms with Crippen molar-refractivity contribution in [2.45, 2.75) is 541 Å². The summed E-state index contributed by atoms with van der Waals surface area (Å²) in [7, 11) is 0. The Morgan fingerprint density at radius 2 is 0.349 bits per heavy atom. The standard InChI is InChI=1S/C106H180N2.Ni/c1-5-9-13-17-21-24-27-30-33-36-39-42-45-48-49-52-55-58-61-64-67-70-73-76-80-84-88-100-106(108-104-98-92-90-96-102(104)94-86-82-79-75-72-69-66-63-60-57-54-51-47-44-41-38-35-32-29-26-23-19-15-11-7-3)105(99-87-83-77-20-16-12-8-4)107-103-97-91-89-95-101(103)93-85-81-78-74-71-68-65-62-59-56-53-50-46-43-40-37-34-31-28-25-22-18-14-10-6-2;/h89-92,95-98H,5-77,80,83-86,93-94H2,1-4H3;/q;+2/b107-105-,108-106+;. The number of nitrogens with zero attached hydrogens (tertiary/aromatic N) is 2. The van der Waals surface area contributed by atoms with Crippen LogP contribution in [0.3, 0.4) is 0 Å². The molecule has 0 aromatic heterocycles. The molecular weight excluding hydrogens is 1360 g/mol. The Balaban J connectivity index is 0.0000594. The van der Waals surface area contributed by atoms with E-state index in [9.17, 15) is 0 Å². The second-order valence-electron chi connectivity index (χ2n) is 33.5. The van der Waals surface area contributed by atoms with Crippen LogP contribution in [0.5, 0.6) is 0 Å². The van der Waals surface area contributed by atoms with Crippen molar-refractivity contribution in [2.75, 3.05) is 0 Å². The number of hydrogen-bond donors (Lipinski definition) is 0. The van der Waals surface area contributed by atoms with Crippen LogP contribution in [0.25, 0.3) is 0 Å². The molecule has 0 heterocycles. The summed E-state index contributed by atoms with van der Waals surface area (Å²) in [6.07, 6.45) is 108. The van der Waals surface area contributed by atoms with Crippen LogP contribution in [-0.2, 0) is 29.3 Å². The average molecular weight is 1540 g/mol. The van der Waals surface area contributed by atoms with E-state index in [0.717, 1.165) is 75.6 Å². The van der Waals surface area contributed by atoms with Crippen LogP contribution < -0.4 is 0 Å². The third-order valence-corrected chi connectivity index (χ3v) is 23.0. The Labute approximate surface area is 693 Å². The zero-order chi connectivity index (χ0) is 76.8. The van der Waals surface area contributed by atoms with Crippen molar-refractivity contribution in [1.82, 2.24) is 0 Å². The molecule has 2 nitrogen and oxygen atoms in total. The van der Waals surface area contributed by atoms with Crippen molar-refractivity contribution in [3.8, 4) is 47.4 Å². The summed E-state index contributed by atoms with van der Waals surface area (Å²) in [6, 6.07) is 17.4. The van der Waals surface area contributed by atoms with Crippen molar-refractivity contribution in [3.05, 3.63) is 59.7 Å². The van der Waals surface area contributed by atoms with E-state index in [1.165, 1.54) is 461 Å². The molecule has 0 aliphatic rings. The summed E-state index contributed by atoms with van der Waals surface area (Å²) in [5, 5.41) is 0. The van der Waals surface area contributed by atoms with Crippen LogP contribution >= 0.6 is 0 Å². The van der Waals surface area contributed by atoms with Crippen LogP contribution in [-0.4, -0.2) is 11.4 Å². The van der Waals surface area contributed by atoms with Gasteiger partial charge in [0.1, 0.15) is 11.4 Å². The van der Waals surface area contributed by atoms with E-state index in [1.807, 2.05) is 0 Å². The Morgan fingerprint density at radius 3 is 0.541 bits per heavy atom. The molecule has 0 aliphatic carbocycles. The zero-order valence-corrected chi connectivity index (χ0v) is 74.4. The van der Waals surface area contributed by atoms with Gasteiger partial charge >= 0.3 is 16.5 Å². The molecule has 0 N–H and O–H groups in total. The maximum Gasteiger partial charge on any atom is 2.00 e. The molecule has 0 saturated carbocycles. The first kappa shape index (κ1) is 104. The van der Waals surface area contributed by atoms with Crippen molar-refractivity contribution in [1.29, 1.82) is 0 Å². The van der Waals surface area contributed by atoms with Gasteiger partial charge in [0, 0.05) is 38.5 Å².